The van der Waals surface area contributed by atoms with Crippen molar-refractivity contribution in [1.82, 2.24) is 10.3 Å². The number of benzene rings is 1. The summed E-state index contributed by atoms with van der Waals surface area (Å²) in [5, 5.41) is 3.06. The van der Waals surface area contributed by atoms with Crippen LogP contribution in [-0.4, -0.2) is 43.9 Å². The predicted octanol–water partition coefficient (Wildman–Crippen LogP) is 4.44. The average Bonchev–Trinajstić information content (AvgIpc) is 2.78. The number of amides is 1. The van der Waals surface area contributed by atoms with Crippen LogP contribution in [0.5, 0.6) is 11.5 Å². The van der Waals surface area contributed by atoms with Gasteiger partial charge in [-0.1, -0.05) is 12.1 Å². The summed E-state index contributed by atoms with van der Waals surface area (Å²) in [5.41, 5.74) is 3.13. The van der Waals surface area contributed by atoms with Crippen LogP contribution in [0.3, 0.4) is 0 Å². The summed E-state index contributed by atoms with van der Waals surface area (Å²) < 4.78 is 11.5. The molecule has 158 valence electrons. The molecule has 1 aliphatic heterocycles. The van der Waals surface area contributed by atoms with Crippen molar-refractivity contribution < 1.29 is 14.3 Å². The van der Waals surface area contributed by atoms with Crippen molar-refractivity contribution >= 4 is 17.7 Å². The Hall–Kier alpha value is -2.99. The summed E-state index contributed by atoms with van der Waals surface area (Å²) in [7, 11) is 1.73. The van der Waals surface area contributed by atoms with Crippen LogP contribution in [0, 0.1) is 12.8 Å². The predicted molar refractivity (Wildman–Crippen MR) is 119 cm³/mol. The van der Waals surface area contributed by atoms with Crippen LogP contribution < -0.4 is 10.1 Å². The SMILES string of the molecule is C/C=C(\C=NC)c1cc(Oc2cccc(C(=O)NCC3CCOCC3)c2C)ccn1. The minimum Gasteiger partial charge on any atom is -0.457 e. The standard InChI is InChI=1S/C24H29N3O3/c1-4-19(16-25-3)22-14-20(8-11-26-22)30-23-7-5-6-21(17(23)2)24(28)27-15-18-9-12-29-13-10-18/h4-8,11,14,16,18H,9-10,12-13,15H2,1-3H3,(H,27,28)/b19-4+,25-16?. The zero-order chi connectivity index (χ0) is 21.3. The molecule has 0 bridgehead atoms. The molecule has 6 nitrogen and oxygen atoms in total. The first-order chi connectivity index (χ1) is 14.6. The Labute approximate surface area is 178 Å². The zero-order valence-corrected chi connectivity index (χ0v) is 17.9. The first-order valence-corrected chi connectivity index (χ1v) is 10.3. The Balaban J connectivity index is 1.72. The normalized spacial score (nSPS) is 15.4. The number of hydrogen-bond acceptors (Lipinski definition) is 5. The number of rotatable bonds is 7. The van der Waals surface area contributed by atoms with Crippen molar-refractivity contribution in [3.05, 3.63) is 59.4 Å². The molecule has 1 aromatic carbocycles. The quantitative estimate of drug-likeness (QED) is 0.689. The molecule has 3 rings (SSSR count). The van der Waals surface area contributed by atoms with Crippen LogP contribution >= 0.6 is 0 Å². The lowest BCUT2D eigenvalue weighted by Crippen LogP contribution is -2.32. The highest BCUT2D eigenvalue weighted by Gasteiger charge is 2.17. The topological polar surface area (TPSA) is 72.8 Å². The number of pyridine rings is 1. The van der Waals surface area contributed by atoms with Crippen molar-refractivity contribution in [2.45, 2.75) is 26.7 Å². The Morgan fingerprint density at radius 1 is 1.33 bits per heavy atom. The molecule has 0 saturated carbocycles. The van der Waals surface area contributed by atoms with Gasteiger partial charge in [0.1, 0.15) is 11.5 Å². The van der Waals surface area contributed by atoms with Gasteiger partial charge in [-0.15, -0.1) is 0 Å². The first kappa shape index (κ1) is 21.7. The Kier molecular flexibility index (Phi) is 7.74. The maximum atomic E-state index is 12.7. The van der Waals surface area contributed by atoms with Crippen LogP contribution in [0.15, 0.2) is 47.6 Å². The second-order valence-corrected chi connectivity index (χ2v) is 7.30. The third-order valence-electron chi connectivity index (χ3n) is 5.26. The van der Waals surface area contributed by atoms with Crippen molar-refractivity contribution in [2.24, 2.45) is 10.9 Å². The van der Waals surface area contributed by atoms with Gasteiger partial charge in [0.2, 0.25) is 0 Å². The molecule has 1 aliphatic rings. The Morgan fingerprint density at radius 2 is 2.13 bits per heavy atom. The molecule has 0 unspecified atom stereocenters. The molecule has 0 spiro atoms. The smallest absolute Gasteiger partial charge is 0.251 e. The van der Waals surface area contributed by atoms with Crippen molar-refractivity contribution in [3.8, 4) is 11.5 Å². The lowest BCUT2D eigenvalue weighted by Gasteiger charge is -2.22. The molecule has 1 N–H and O–H groups in total. The van der Waals surface area contributed by atoms with E-state index in [2.05, 4.69) is 15.3 Å². The monoisotopic (exact) mass is 407 g/mol. The van der Waals surface area contributed by atoms with Gasteiger partial charge in [-0.3, -0.25) is 14.8 Å². The number of allylic oxidation sites excluding steroid dienone is 2. The van der Waals surface area contributed by atoms with Gasteiger partial charge in [-0.25, -0.2) is 0 Å². The fourth-order valence-electron chi connectivity index (χ4n) is 3.44. The number of carbonyl (C=O) groups is 1. The number of aromatic nitrogens is 1. The molecule has 1 fully saturated rings. The molecule has 1 amide bonds. The molecule has 6 heteroatoms. The van der Waals surface area contributed by atoms with Crippen LogP contribution in [0.25, 0.3) is 5.57 Å². The fraction of sp³-hybridized carbons (Fsp3) is 0.375. The van der Waals surface area contributed by atoms with Gasteiger partial charge in [0.25, 0.3) is 5.91 Å². The number of carbonyl (C=O) groups excluding carboxylic acids is 1. The van der Waals surface area contributed by atoms with E-state index in [0.29, 0.717) is 29.5 Å². The first-order valence-electron chi connectivity index (χ1n) is 10.3. The van der Waals surface area contributed by atoms with E-state index in [0.717, 1.165) is 42.9 Å². The van der Waals surface area contributed by atoms with E-state index in [1.165, 1.54) is 0 Å². The van der Waals surface area contributed by atoms with Crippen LogP contribution in [0.2, 0.25) is 0 Å². The third-order valence-corrected chi connectivity index (χ3v) is 5.26. The van der Waals surface area contributed by atoms with Gasteiger partial charge in [0.05, 0.1) is 5.69 Å². The molecular weight excluding hydrogens is 378 g/mol. The van der Waals surface area contributed by atoms with Crippen LogP contribution in [0.1, 0.15) is 41.4 Å². The summed E-state index contributed by atoms with van der Waals surface area (Å²) >= 11 is 0. The molecule has 30 heavy (non-hydrogen) atoms. The van der Waals surface area contributed by atoms with Crippen molar-refractivity contribution in [3.63, 3.8) is 0 Å². The van der Waals surface area contributed by atoms with Gasteiger partial charge in [0.15, 0.2) is 0 Å². The maximum absolute atomic E-state index is 12.7. The second-order valence-electron chi connectivity index (χ2n) is 7.30. The molecular formula is C24H29N3O3. The van der Waals surface area contributed by atoms with E-state index in [9.17, 15) is 4.79 Å². The highest BCUT2D eigenvalue weighted by Crippen LogP contribution is 2.28. The van der Waals surface area contributed by atoms with Gasteiger partial charge in [-0.05, 0) is 50.8 Å². The van der Waals surface area contributed by atoms with E-state index in [1.54, 1.807) is 25.5 Å². The maximum Gasteiger partial charge on any atom is 0.251 e. The number of nitrogens with one attached hydrogen (secondary N) is 1. The minimum atomic E-state index is -0.0739. The summed E-state index contributed by atoms with van der Waals surface area (Å²) in [6, 6.07) is 9.21. The van der Waals surface area contributed by atoms with Crippen LogP contribution in [-0.2, 0) is 4.74 Å². The van der Waals surface area contributed by atoms with Gasteiger partial charge in [-0.2, -0.15) is 0 Å². The lowest BCUT2D eigenvalue weighted by atomic mass is 10.00. The number of nitrogens with zero attached hydrogens (tertiary/aromatic N) is 2. The summed E-state index contributed by atoms with van der Waals surface area (Å²) in [5.74, 6) is 1.71. The van der Waals surface area contributed by atoms with E-state index in [1.807, 2.05) is 44.2 Å². The Morgan fingerprint density at radius 3 is 2.87 bits per heavy atom. The van der Waals surface area contributed by atoms with E-state index < -0.39 is 0 Å². The highest BCUT2D eigenvalue weighted by molar-refractivity contribution is 6.08. The molecule has 2 aromatic rings. The van der Waals surface area contributed by atoms with Crippen molar-refractivity contribution in [2.75, 3.05) is 26.8 Å². The molecule has 2 heterocycles. The van der Waals surface area contributed by atoms with E-state index in [-0.39, 0.29) is 5.91 Å². The van der Waals surface area contributed by atoms with Crippen LogP contribution in [0.4, 0.5) is 0 Å². The van der Waals surface area contributed by atoms with Gasteiger partial charge < -0.3 is 14.8 Å². The summed E-state index contributed by atoms with van der Waals surface area (Å²) in [6.45, 7) is 6.07. The average molecular weight is 408 g/mol. The lowest BCUT2D eigenvalue weighted by molar-refractivity contribution is 0.0642. The number of aliphatic imine (C=N–C) groups is 1. The molecule has 1 saturated heterocycles. The van der Waals surface area contributed by atoms with Crippen molar-refractivity contribution in [1.29, 1.82) is 0 Å². The minimum absolute atomic E-state index is 0.0739. The van der Waals surface area contributed by atoms with E-state index in [4.69, 9.17) is 9.47 Å². The Bertz CT molecular complexity index is 931. The second kappa shape index (κ2) is 10.7. The fourth-order valence-corrected chi connectivity index (χ4v) is 3.44. The zero-order valence-electron chi connectivity index (χ0n) is 17.9. The molecule has 1 aromatic heterocycles. The number of hydrogen-bond donors (Lipinski definition) is 1. The third kappa shape index (κ3) is 5.54. The largest absolute Gasteiger partial charge is 0.457 e. The molecule has 0 radical (unpaired) electrons. The number of ether oxygens (including phenoxy) is 2. The highest BCUT2D eigenvalue weighted by atomic mass is 16.5. The summed E-state index contributed by atoms with van der Waals surface area (Å²) in [4.78, 5) is 21.2. The van der Waals surface area contributed by atoms with E-state index >= 15 is 0 Å². The molecule has 0 atom stereocenters. The van der Waals surface area contributed by atoms with Gasteiger partial charge >= 0.3 is 0 Å². The summed E-state index contributed by atoms with van der Waals surface area (Å²) in [6.07, 6.45) is 7.40. The van der Waals surface area contributed by atoms with Gasteiger partial charge in [0, 0.05) is 62.0 Å². The molecule has 0 aliphatic carbocycles.